The Morgan fingerprint density at radius 1 is 0.533 bits per heavy atom. The molecule has 0 aliphatic heterocycles. The van der Waals surface area contributed by atoms with Crippen LogP contribution in [0.1, 0.15) is 59.7 Å². The molecule has 4 aromatic heterocycles. The van der Waals surface area contributed by atoms with Crippen molar-refractivity contribution in [1.29, 1.82) is 0 Å². The predicted molar refractivity (Wildman–Crippen MR) is 246 cm³/mol. The van der Waals surface area contributed by atoms with Crippen molar-refractivity contribution < 1.29 is 21.1 Å². The molecule has 0 saturated carbocycles. The molecule has 0 atom stereocenters. The van der Waals surface area contributed by atoms with Crippen molar-refractivity contribution in [3.63, 3.8) is 0 Å². The van der Waals surface area contributed by atoms with Crippen LogP contribution in [0.15, 0.2) is 122 Å². The summed E-state index contributed by atoms with van der Waals surface area (Å²) in [5, 5.41) is 9.80. The van der Waals surface area contributed by atoms with Crippen molar-refractivity contribution in [3.8, 4) is 39.6 Å². The van der Waals surface area contributed by atoms with Crippen LogP contribution in [0.4, 0.5) is 0 Å². The average molecular weight is 961 g/mol. The normalized spacial score (nSPS) is 11.9. The number of rotatable bonds is 5. The zero-order valence-corrected chi connectivity index (χ0v) is 37.9. The predicted octanol–water partition coefficient (Wildman–Crippen LogP) is 13.5. The molecule has 60 heavy (non-hydrogen) atoms. The van der Waals surface area contributed by atoms with Crippen LogP contribution in [0, 0.1) is 53.7 Å². The van der Waals surface area contributed by atoms with Crippen LogP contribution in [0.3, 0.4) is 0 Å². The first kappa shape index (κ1) is 39.4. The second kappa shape index (κ2) is 14.6. The van der Waals surface area contributed by atoms with E-state index < -0.39 is 0 Å². The Hall–Kier alpha value is -6.03. The number of pyridine rings is 1. The summed E-state index contributed by atoms with van der Waals surface area (Å²) in [7, 11) is 0. The Morgan fingerprint density at radius 3 is 1.65 bits per heavy atom. The molecule has 6 aromatic carbocycles. The second-order valence-electron chi connectivity index (χ2n) is 17.4. The summed E-state index contributed by atoms with van der Waals surface area (Å²) in [4.78, 5) is 4.94. The number of nitrogens with zero attached hydrogens (tertiary/aromatic N) is 5. The topological polar surface area (TPSA) is 40.6 Å². The fraction of sp³-hybridized carbons (Fsp3) is 0.185. The van der Waals surface area contributed by atoms with Crippen molar-refractivity contribution in [1.82, 2.24) is 23.9 Å². The van der Waals surface area contributed by atoms with Crippen LogP contribution in [0.25, 0.3) is 83.2 Å². The number of benzene rings is 6. The van der Waals surface area contributed by atoms with E-state index in [0.29, 0.717) is 0 Å². The molecule has 0 radical (unpaired) electrons. The van der Waals surface area contributed by atoms with Gasteiger partial charge in [0.25, 0.3) is 0 Å². The molecular weight excluding hydrogens is 914 g/mol. The summed E-state index contributed by atoms with van der Waals surface area (Å²) >= 11 is 0. The number of aryl methyl sites for hydroxylation is 6. The van der Waals surface area contributed by atoms with Gasteiger partial charge in [0.15, 0.2) is 0 Å². The molecule has 10 aromatic rings. The molecule has 10 rings (SSSR count). The van der Waals surface area contributed by atoms with Crippen molar-refractivity contribution in [2.45, 2.75) is 67.7 Å². The Labute approximate surface area is 366 Å². The van der Waals surface area contributed by atoms with Crippen molar-refractivity contribution >= 4 is 43.6 Å². The van der Waals surface area contributed by atoms with Crippen molar-refractivity contribution in [2.24, 2.45) is 0 Å². The van der Waals surface area contributed by atoms with E-state index in [1.54, 1.807) is 0 Å². The van der Waals surface area contributed by atoms with Gasteiger partial charge in [0.05, 0.1) is 11.9 Å². The van der Waals surface area contributed by atoms with Crippen LogP contribution in [0.2, 0.25) is 0 Å². The third kappa shape index (κ3) is 6.25. The summed E-state index contributed by atoms with van der Waals surface area (Å²) in [6.45, 7) is 19.9. The maximum atomic E-state index is 5.20. The van der Waals surface area contributed by atoms with E-state index in [9.17, 15) is 0 Å². The van der Waals surface area contributed by atoms with Crippen LogP contribution in [-0.4, -0.2) is 23.9 Å². The maximum Gasteiger partial charge on any atom is 2.00 e. The van der Waals surface area contributed by atoms with E-state index in [1.165, 1.54) is 55.5 Å². The van der Waals surface area contributed by atoms with Crippen molar-refractivity contribution in [3.05, 3.63) is 173 Å². The molecule has 5 nitrogen and oxygen atoms in total. The SMILES string of the molecule is Cc1cc(C)c(-c2cnn(-c3[c-]c4c(cc3)c3ccccc3n4-c3[c-]c4c(cc3)c3ccccc3n4-c3cc(C(C)(C)C)ccn3)c2-c2c(C)cc(C)cc2C)c(C)c1.[Pt+2]. The smallest absolute Gasteiger partial charge is 0.358 e. The minimum atomic E-state index is -0.0221. The van der Waals surface area contributed by atoms with Gasteiger partial charge in [-0.3, -0.25) is 4.68 Å². The molecule has 0 fully saturated rings. The summed E-state index contributed by atoms with van der Waals surface area (Å²) < 4.78 is 6.69. The summed E-state index contributed by atoms with van der Waals surface area (Å²) in [6.07, 6.45) is 3.98. The second-order valence-corrected chi connectivity index (χ2v) is 17.4. The zero-order chi connectivity index (χ0) is 40.9. The molecule has 0 amide bonds. The van der Waals surface area contributed by atoms with Gasteiger partial charge in [0.2, 0.25) is 0 Å². The quantitative estimate of drug-likeness (QED) is 0.161. The van der Waals surface area contributed by atoms with Crippen LogP contribution < -0.4 is 0 Å². The molecule has 0 spiro atoms. The number of hydrogen-bond acceptors (Lipinski definition) is 2. The number of para-hydroxylation sites is 2. The Balaban J connectivity index is 0.00000462. The molecule has 4 heterocycles. The molecule has 0 saturated heterocycles. The molecule has 6 heteroatoms. The van der Waals surface area contributed by atoms with E-state index >= 15 is 0 Å². The van der Waals surface area contributed by atoms with Gasteiger partial charge in [-0.25, -0.2) is 4.98 Å². The fourth-order valence-corrected chi connectivity index (χ4v) is 9.63. The third-order valence-corrected chi connectivity index (χ3v) is 12.1. The first-order chi connectivity index (χ1) is 28.4. The van der Waals surface area contributed by atoms with Crippen LogP contribution >= 0.6 is 0 Å². The minimum Gasteiger partial charge on any atom is -0.358 e. The summed E-state index contributed by atoms with van der Waals surface area (Å²) in [5.74, 6) is 0.885. The first-order valence-corrected chi connectivity index (χ1v) is 20.5. The number of fused-ring (bicyclic) bond motifs is 6. The molecule has 0 N–H and O–H groups in total. The third-order valence-electron chi connectivity index (χ3n) is 12.1. The Kier molecular flexibility index (Phi) is 9.60. The van der Waals surface area contributed by atoms with E-state index in [1.807, 2.05) is 6.20 Å². The first-order valence-electron chi connectivity index (χ1n) is 20.5. The summed E-state index contributed by atoms with van der Waals surface area (Å²) in [6, 6.07) is 47.4. The fourth-order valence-electron chi connectivity index (χ4n) is 9.63. The maximum absolute atomic E-state index is 5.20. The largest absolute Gasteiger partial charge is 2.00 e. The van der Waals surface area contributed by atoms with Crippen LogP contribution in [0.5, 0.6) is 0 Å². The van der Waals surface area contributed by atoms with Gasteiger partial charge in [-0.15, -0.1) is 35.0 Å². The van der Waals surface area contributed by atoms with Gasteiger partial charge in [-0.2, -0.15) is 17.2 Å². The Morgan fingerprint density at radius 2 is 1.05 bits per heavy atom. The van der Waals surface area contributed by atoms with Crippen molar-refractivity contribution in [2.75, 3.05) is 0 Å². The minimum absolute atomic E-state index is 0. The molecule has 0 aliphatic carbocycles. The summed E-state index contributed by atoms with van der Waals surface area (Å²) in [5.41, 5.74) is 19.3. The van der Waals surface area contributed by atoms with Crippen LogP contribution in [-0.2, 0) is 26.5 Å². The van der Waals surface area contributed by atoms with E-state index in [2.05, 4.69) is 204 Å². The average Bonchev–Trinajstić information content (AvgIpc) is 3.87. The zero-order valence-electron chi connectivity index (χ0n) is 35.6. The molecule has 0 bridgehead atoms. The number of aromatic nitrogens is 5. The van der Waals surface area contributed by atoms with Gasteiger partial charge in [-0.1, -0.05) is 109 Å². The molecule has 0 aliphatic rings. The van der Waals surface area contributed by atoms with Gasteiger partial charge in [-0.05, 0) is 121 Å². The molecular formula is C54H47N5Pt. The Bertz CT molecular complexity index is 3280. The molecule has 298 valence electrons. The van der Waals surface area contributed by atoms with Gasteiger partial charge < -0.3 is 9.13 Å². The van der Waals surface area contributed by atoms with Gasteiger partial charge in [0.1, 0.15) is 5.82 Å². The molecule has 0 unspecified atom stereocenters. The van der Waals surface area contributed by atoms with E-state index in [0.717, 1.165) is 66.7 Å². The van der Waals surface area contributed by atoms with E-state index in [4.69, 9.17) is 10.1 Å². The van der Waals surface area contributed by atoms with E-state index in [-0.39, 0.29) is 26.5 Å². The van der Waals surface area contributed by atoms with Gasteiger partial charge in [0, 0.05) is 28.4 Å². The monoisotopic (exact) mass is 960 g/mol. The standard InChI is InChI=1S/C54H47N5.Pt/c1-32-24-34(3)51(35(4)25-32)45-31-56-59(53(45)52-36(5)26-33(2)27-37(52)6)40-19-21-43-41-14-10-12-16-46(41)57(48(43)30-40)39-18-20-44-42-15-11-13-17-47(42)58(49(44)29-39)50-28-38(22-23-55-50)54(7,8)9;/h10-28,31H,1-9H3;/q-2;+2. The van der Waals surface area contributed by atoms with Gasteiger partial charge >= 0.3 is 21.1 Å². The number of hydrogen-bond donors (Lipinski definition) is 0.